The first-order chi connectivity index (χ1) is 7.58. The fraction of sp³-hybridized carbons (Fsp3) is 0.300. The summed E-state index contributed by atoms with van der Waals surface area (Å²) in [5.41, 5.74) is 0.529. The number of hydrogen-bond acceptors (Lipinski definition) is 3. The number of nitrogens with zero attached hydrogens (tertiary/aromatic N) is 1. The number of carbonyl (C=O) groups excluding carboxylic acids is 1. The van der Waals surface area contributed by atoms with E-state index in [1.807, 2.05) is 0 Å². The number of aromatic nitrogens is 1. The SMILES string of the molecule is O=C(O)C1CC1C(=O)Nc1ccnc(Cl)c1. The first-order valence-corrected chi connectivity index (χ1v) is 5.11. The maximum atomic E-state index is 11.6. The Balaban J connectivity index is 1.96. The van der Waals surface area contributed by atoms with E-state index in [1.165, 1.54) is 12.3 Å². The van der Waals surface area contributed by atoms with E-state index in [2.05, 4.69) is 10.3 Å². The zero-order valence-corrected chi connectivity index (χ0v) is 8.94. The van der Waals surface area contributed by atoms with Crippen LogP contribution in [0.25, 0.3) is 0 Å². The molecule has 1 aromatic rings. The van der Waals surface area contributed by atoms with Crippen LogP contribution < -0.4 is 5.32 Å². The number of rotatable bonds is 3. The second-order valence-electron chi connectivity index (χ2n) is 3.64. The van der Waals surface area contributed by atoms with Gasteiger partial charge in [-0.2, -0.15) is 0 Å². The van der Waals surface area contributed by atoms with E-state index in [0.717, 1.165) is 0 Å². The number of pyridine rings is 1. The van der Waals surface area contributed by atoms with Gasteiger partial charge >= 0.3 is 5.97 Å². The largest absolute Gasteiger partial charge is 0.481 e. The predicted molar refractivity (Wildman–Crippen MR) is 57.1 cm³/mol. The highest BCUT2D eigenvalue weighted by molar-refractivity contribution is 6.29. The summed E-state index contributed by atoms with van der Waals surface area (Å²) in [4.78, 5) is 25.9. The van der Waals surface area contributed by atoms with Crippen molar-refractivity contribution >= 4 is 29.2 Å². The minimum absolute atomic E-state index is 0.281. The van der Waals surface area contributed by atoms with Crippen LogP contribution in [0, 0.1) is 11.8 Å². The van der Waals surface area contributed by atoms with Gasteiger partial charge in [0.15, 0.2) is 0 Å². The molecule has 0 aromatic carbocycles. The molecule has 1 aliphatic rings. The lowest BCUT2D eigenvalue weighted by molar-refractivity contribution is -0.139. The van der Waals surface area contributed by atoms with Gasteiger partial charge in [-0.15, -0.1) is 0 Å². The fourth-order valence-electron chi connectivity index (χ4n) is 1.47. The number of aliphatic carboxylic acids is 1. The number of amides is 1. The summed E-state index contributed by atoms with van der Waals surface area (Å²) in [6, 6.07) is 3.11. The minimum atomic E-state index is -0.923. The van der Waals surface area contributed by atoms with Crippen LogP contribution in [0.1, 0.15) is 6.42 Å². The van der Waals surface area contributed by atoms with Crippen LogP contribution in [0.15, 0.2) is 18.3 Å². The quantitative estimate of drug-likeness (QED) is 0.783. The van der Waals surface area contributed by atoms with Crippen molar-refractivity contribution in [3.05, 3.63) is 23.5 Å². The van der Waals surface area contributed by atoms with E-state index < -0.39 is 17.8 Å². The minimum Gasteiger partial charge on any atom is -0.481 e. The molecular formula is C10H9ClN2O3. The smallest absolute Gasteiger partial charge is 0.307 e. The van der Waals surface area contributed by atoms with E-state index in [-0.39, 0.29) is 11.1 Å². The molecule has 6 heteroatoms. The number of carboxylic acids is 1. The monoisotopic (exact) mass is 240 g/mol. The van der Waals surface area contributed by atoms with Gasteiger partial charge in [0, 0.05) is 11.9 Å². The molecular weight excluding hydrogens is 232 g/mol. The molecule has 0 radical (unpaired) electrons. The molecule has 1 saturated carbocycles. The van der Waals surface area contributed by atoms with Gasteiger partial charge in [-0.05, 0) is 18.6 Å². The van der Waals surface area contributed by atoms with Crippen LogP contribution in [0.2, 0.25) is 5.15 Å². The highest BCUT2D eigenvalue weighted by Crippen LogP contribution is 2.39. The van der Waals surface area contributed by atoms with Gasteiger partial charge < -0.3 is 10.4 Å². The molecule has 0 aliphatic heterocycles. The van der Waals surface area contributed by atoms with Crippen LogP contribution in [0.4, 0.5) is 5.69 Å². The van der Waals surface area contributed by atoms with Crippen LogP contribution in [0.5, 0.6) is 0 Å². The maximum Gasteiger partial charge on any atom is 0.307 e. The number of halogens is 1. The Bertz CT molecular complexity index is 449. The summed E-state index contributed by atoms with van der Waals surface area (Å²) < 4.78 is 0. The molecule has 84 valence electrons. The van der Waals surface area contributed by atoms with E-state index in [1.54, 1.807) is 6.07 Å². The van der Waals surface area contributed by atoms with Crippen LogP contribution >= 0.6 is 11.6 Å². The van der Waals surface area contributed by atoms with Crippen molar-refractivity contribution in [2.24, 2.45) is 11.8 Å². The molecule has 0 spiro atoms. The van der Waals surface area contributed by atoms with Crippen molar-refractivity contribution in [3.8, 4) is 0 Å². The zero-order chi connectivity index (χ0) is 11.7. The normalized spacial score (nSPS) is 22.6. The molecule has 1 amide bonds. The van der Waals surface area contributed by atoms with Crippen molar-refractivity contribution in [2.75, 3.05) is 5.32 Å². The van der Waals surface area contributed by atoms with Crippen LogP contribution in [-0.2, 0) is 9.59 Å². The summed E-state index contributed by atoms with van der Waals surface area (Å²) in [5.74, 6) is -2.18. The first kappa shape index (κ1) is 10.9. The van der Waals surface area contributed by atoms with E-state index in [0.29, 0.717) is 12.1 Å². The highest BCUT2D eigenvalue weighted by atomic mass is 35.5. The van der Waals surface area contributed by atoms with Gasteiger partial charge in [-0.3, -0.25) is 9.59 Å². The fourth-order valence-corrected chi connectivity index (χ4v) is 1.65. The molecule has 1 aliphatic carbocycles. The molecule has 0 saturated heterocycles. The summed E-state index contributed by atoms with van der Waals surface area (Å²) in [7, 11) is 0. The summed E-state index contributed by atoms with van der Waals surface area (Å²) in [5, 5.41) is 11.6. The van der Waals surface area contributed by atoms with E-state index >= 15 is 0 Å². The second-order valence-corrected chi connectivity index (χ2v) is 4.03. The van der Waals surface area contributed by atoms with Crippen LogP contribution in [-0.4, -0.2) is 22.0 Å². The Labute approximate surface area is 96.4 Å². The average molecular weight is 241 g/mol. The third-order valence-electron chi connectivity index (χ3n) is 2.44. The second kappa shape index (κ2) is 4.09. The van der Waals surface area contributed by atoms with Gasteiger partial charge in [0.25, 0.3) is 0 Å². The Morgan fingerprint density at radius 1 is 1.50 bits per heavy atom. The molecule has 0 bridgehead atoms. The average Bonchev–Trinajstić information content (AvgIpc) is 2.96. The van der Waals surface area contributed by atoms with E-state index in [4.69, 9.17) is 16.7 Å². The van der Waals surface area contributed by atoms with E-state index in [9.17, 15) is 9.59 Å². The predicted octanol–water partition coefficient (Wildman–Crippen LogP) is 1.39. The number of carboxylic acid groups (broad SMARTS) is 1. The van der Waals surface area contributed by atoms with Gasteiger partial charge in [0.05, 0.1) is 11.8 Å². The van der Waals surface area contributed by atoms with Gasteiger partial charge in [-0.25, -0.2) is 4.98 Å². The van der Waals surface area contributed by atoms with Crippen molar-refractivity contribution in [1.82, 2.24) is 4.98 Å². The third-order valence-corrected chi connectivity index (χ3v) is 2.65. The van der Waals surface area contributed by atoms with Crippen molar-refractivity contribution in [1.29, 1.82) is 0 Å². The van der Waals surface area contributed by atoms with Crippen molar-refractivity contribution in [2.45, 2.75) is 6.42 Å². The number of nitrogens with one attached hydrogen (secondary N) is 1. The third kappa shape index (κ3) is 2.30. The lowest BCUT2D eigenvalue weighted by Crippen LogP contribution is -2.16. The number of hydrogen-bond donors (Lipinski definition) is 2. The van der Waals surface area contributed by atoms with Gasteiger partial charge in [0.1, 0.15) is 5.15 Å². The van der Waals surface area contributed by atoms with Crippen molar-refractivity contribution < 1.29 is 14.7 Å². The first-order valence-electron chi connectivity index (χ1n) is 4.73. The topological polar surface area (TPSA) is 79.3 Å². The Morgan fingerprint density at radius 3 is 2.81 bits per heavy atom. The van der Waals surface area contributed by atoms with Crippen molar-refractivity contribution in [3.63, 3.8) is 0 Å². The maximum absolute atomic E-state index is 11.6. The molecule has 1 heterocycles. The Hall–Kier alpha value is -1.62. The molecule has 2 unspecified atom stereocenters. The van der Waals surface area contributed by atoms with Gasteiger partial charge in [0.2, 0.25) is 5.91 Å². The molecule has 2 rings (SSSR count). The molecule has 1 fully saturated rings. The number of anilines is 1. The Kier molecular flexibility index (Phi) is 2.78. The molecule has 1 aromatic heterocycles. The zero-order valence-electron chi connectivity index (χ0n) is 8.18. The molecule has 2 N–H and O–H groups in total. The van der Waals surface area contributed by atoms with Crippen LogP contribution in [0.3, 0.4) is 0 Å². The summed E-state index contributed by atoms with van der Waals surface area (Å²) >= 11 is 5.65. The standard InChI is InChI=1S/C10H9ClN2O3/c11-8-3-5(1-2-12-8)13-9(14)6-4-7(6)10(15)16/h1-3,6-7H,4H2,(H,15,16)(H,12,13,14). The summed E-state index contributed by atoms with van der Waals surface area (Å²) in [6.45, 7) is 0. The lowest BCUT2D eigenvalue weighted by atomic mass is 10.3. The van der Waals surface area contributed by atoms with Gasteiger partial charge in [-0.1, -0.05) is 11.6 Å². The molecule has 5 nitrogen and oxygen atoms in total. The number of carbonyl (C=O) groups is 2. The lowest BCUT2D eigenvalue weighted by Gasteiger charge is -2.03. The molecule has 16 heavy (non-hydrogen) atoms. The Morgan fingerprint density at radius 2 is 2.25 bits per heavy atom. The molecule has 2 atom stereocenters. The summed E-state index contributed by atoms with van der Waals surface area (Å²) in [6.07, 6.45) is 1.87. The highest BCUT2D eigenvalue weighted by Gasteiger charge is 2.48.